The van der Waals surface area contributed by atoms with Crippen molar-refractivity contribution in [2.45, 2.75) is 31.2 Å². The van der Waals surface area contributed by atoms with E-state index in [0.29, 0.717) is 0 Å². The van der Waals surface area contributed by atoms with Gasteiger partial charge in [0.15, 0.2) is 0 Å². The molecule has 0 saturated heterocycles. The summed E-state index contributed by atoms with van der Waals surface area (Å²) in [6.07, 6.45) is -0.233. The predicted octanol–water partition coefficient (Wildman–Crippen LogP) is 2.76. The fraction of sp³-hybridized carbons (Fsp3) is 0.400. The van der Waals surface area contributed by atoms with Gasteiger partial charge in [-0.1, -0.05) is 24.3 Å². The van der Waals surface area contributed by atoms with Crippen LogP contribution < -0.4 is 10.6 Å². The molecule has 120 valence electrons. The molecule has 0 radical (unpaired) electrons. The fourth-order valence-corrected chi connectivity index (χ4v) is 2.20. The van der Waals surface area contributed by atoms with Gasteiger partial charge in [0.2, 0.25) is 0 Å². The van der Waals surface area contributed by atoms with Crippen LogP contribution in [0.25, 0.3) is 0 Å². The summed E-state index contributed by atoms with van der Waals surface area (Å²) in [5, 5.41) is 15.1. The Labute approximate surface area is 126 Å². The quantitative estimate of drug-likeness (QED) is 0.748. The van der Waals surface area contributed by atoms with E-state index in [-0.39, 0.29) is 18.2 Å². The van der Waals surface area contributed by atoms with Crippen molar-refractivity contribution < 1.29 is 23.1 Å². The van der Waals surface area contributed by atoms with Gasteiger partial charge in [0.25, 0.3) is 0 Å². The number of aliphatic hydroxyl groups is 1. The molecular formula is C15H17F3N2O2. The van der Waals surface area contributed by atoms with E-state index in [9.17, 15) is 23.1 Å². The molecule has 0 aliphatic heterocycles. The number of urea groups is 1. The second-order valence-corrected chi connectivity index (χ2v) is 5.13. The molecule has 1 aliphatic carbocycles. The number of aliphatic hydroxyl groups excluding tert-OH is 1. The SMILES string of the molecule is O=C(NCC(O)c1cccc(C(F)(F)F)c1)NC1CC=CC1. The molecule has 4 nitrogen and oxygen atoms in total. The highest BCUT2D eigenvalue weighted by Crippen LogP contribution is 2.30. The zero-order valence-electron chi connectivity index (χ0n) is 11.7. The molecule has 0 aromatic heterocycles. The molecule has 7 heteroatoms. The highest BCUT2D eigenvalue weighted by atomic mass is 19.4. The molecular weight excluding hydrogens is 297 g/mol. The van der Waals surface area contributed by atoms with Crippen LogP contribution in [-0.2, 0) is 6.18 Å². The van der Waals surface area contributed by atoms with Gasteiger partial charge in [0.1, 0.15) is 0 Å². The molecule has 1 unspecified atom stereocenters. The molecule has 1 atom stereocenters. The summed E-state index contributed by atoms with van der Waals surface area (Å²) in [7, 11) is 0. The maximum absolute atomic E-state index is 12.6. The van der Waals surface area contributed by atoms with Gasteiger partial charge >= 0.3 is 12.2 Å². The first-order chi connectivity index (χ1) is 10.4. The van der Waals surface area contributed by atoms with Crippen LogP contribution in [0.5, 0.6) is 0 Å². The van der Waals surface area contributed by atoms with Crippen LogP contribution in [0.3, 0.4) is 0 Å². The summed E-state index contributed by atoms with van der Waals surface area (Å²) in [6, 6.07) is 4.02. The highest BCUT2D eigenvalue weighted by Gasteiger charge is 2.30. The van der Waals surface area contributed by atoms with E-state index in [1.54, 1.807) is 0 Å². The molecule has 1 aromatic rings. The topological polar surface area (TPSA) is 61.4 Å². The van der Waals surface area contributed by atoms with Crippen LogP contribution in [-0.4, -0.2) is 23.7 Å². The van der Waals surface area contributed by atoms with E-state index in [1.807, 2.05) is 12.2 Å². The lowest BCUT2D eigenvalue weighted by Gasteiger charge is -2.16. The van der Waals surface area contributed by atoms with Crippen molar-refractivity contribution in [2.24, 2.45) is 0 Å². The van der Waals surface area contributed by atoms with Crippen LogP contribution >= 0.6 is 0 Å². The van der Waals surface area contributed by atoms with Gasteiger partial charge in [-0.2, -0.15) is 13.2 Å². The zero-order chi connectivity index (χ0) is 16.2. The van der Waals surface area contributed by atoms with Gasteiger partial charge in [-0.3, -0.25) is 0 Å². The number of benzene rings is 1. The fourth-order valence-electron chi connectivity index (χ4n) is 2.20. The first-order valence-electron chi connectivity index (χ1n) is 6.91. The van der Waals surface area contributed by atoms with Crippen LogP contribution in [0, 0.1) is 0 Å². The van der Waals surface area contributed by atoms with Gasteiger partial charge in [0, 0.05) is 12.6 Å². The second-order valence-electron chi connectivity index (χ2n) is 5.13. The number of hydrogen-bond acceptors (Lipinski definition) is 2. The third kappa shape index (κ3) is 4.49. The van der Waals surface area contributed by atoms with Gasteiger partial charge in [-0.05, 0) is 30.5 Å². The van der Waals surface area contributed by atoms with Crippen LogP contribution in [0.15, 0.2) is 36.4 Å². The van der Waals surface area contributed by atoms with E-state index in [4.69, 9.17) is 0 Å². The second kappa shape index (κ2) is 6.83. The highest BCUT2D eigenvalue weighted by molar-refractivity contribution is 5.74. The van der Waals surface area contributed by atoms with Crippen molar-refractivity contribution in [2.75, 3.05) is 6.54 Å². The maximum atomic E-state index is 12.6. The van der Waals surface area contributed by atoms with Crippen molar-refractivity contribution in [3.8, 4) is 0 Å². The van der Waals surface area contributed by atoms with E-state index in [1.165, 1.54) is 12.1 Å². The molecule has 2 rings (SSSR count). The van der Waals surface area contributed by atoms with Crippen molar-refractivity contribution in [3.05, 3.63) is 47.5 Å². The minimum atomic E-state index is -4.46. The summed E-state index contributed by atoms with van der Waals surface area (Å²) in [4.78, 5) is 11.6. The van der Waals surface area contributed by atoms with Gasteiger partial charge in [-0.25, -0.2) is 4.79 Å². The molecule has 1 aromatic carbocycles. The van der Waals surface area contributed by atoms with Crippen molar-refractivity contribution in [1.29, 1.82) is 0 Å². The van der Waals surface area contributed by atoms with Crippen LogP contribution in [0.4, 0.5) is 18.0 Å². The number of carbonyl (C=O) groups excluding carboxylic acids is 1. The first kappa shape index (κ1) is 16.4. The largest absolute Gasteiger partial charge is 0.416 e. The van der Waals surface area contributed by atoms with Crippen LogP contribution in [0.1, 0.15) is 30.1 Å². The Balaban J connectivity index is 1.86. The maximum Gasteiger partial charge on any atom is 0.416 e. The van der Waals surface area contributed by atoms with Gasteiger partial charge < -0.3 is 15.7 Å². The number of alkyl halides is 3. The number of rotatable bonds is 4. The van der Waals surface area contributed by atoms with Crippen molar-refractivity contribution in [3.63, 3.8) is 0 Å². The molecule has 2 amide bonds. The standard InChI is InChI=1S/C15H17F3N2O2/c16-15(17,18)11-5-3-4-10(8-11)13(21)9-19-14(22)20-12-6-1-2-7-12/h1-5,8,12-13,21H,6-7,9H2,(H2,19,20,22). The minimum Gasteiger partial charge on any atom is -0.387 e. The van der Waals surface area contributed by atoms with Crippen LogP contribution in [0.2, 0.25) is 0 Å². The van der Waals surface area contributed by atoms with Gasteiger partial charge in [0.05, 0.1) is 11.7 Å². The van der Waals surface area contributed by atoms with E-state index >= 15 is 0 Å². The summed E-state index contributed by atoms with van der Waals surface area (Å²) >= 11 is 0. The number of carbonyl (C=O) groups is 1. The number of amides is 2. The Kier molecular flexibility index (Phi) is 5.07. The predicted molar refractivity (Wildman–Crippen MR) is 75.1 cm³/mol. The molecule has 0 heterocycles. The molecule has 0 fully saturated rings. The zero-order valence-corrected chi connectivity index (χ0v) is 11.7. The summed E-state index contributed by atoms with van der Waals surface area (Å²) in [6.45, 7) is -0.159. The third-order valence-electron chi connectivity index (χ3n) is 3.40. The number of halogens is 3. The normalized spacial score (nSPS) is 16.5. The Morgan fingerprint density at radius 1 is 1.32 bits per heavy atom. The summed E-state index contributed by atoms with van der Waals surface area (Å²) < 4.78 is 37.8. The lowest BCUT2D eigenvalue weighted by Crippen LogP contribution is -2.42. The Morgan fingerprint density at radius 2 is 2.00 bits per heavy atom. The van der Waals surface area contributed by atoms with E-state index in [2.05, 4.69) is 10.6 Å². The molecule has 0 bridgehead atoms. The monoisotopic (exact) mass is 314 g/mol. The average molecular weight is 314 g/mol. The summed E-state index contributed by atoms with van der Waals surface area (Å²) in [5.41, 5.74) is -0.719. The van der Waals surface area contributed by atoms with E-state index in [0.717, 1.165) is 25.0 Å². The van der Waals surface area contributed by atoms with Gasteiger partial charge in [-0.15, -0.1) is 0 Å². The Hall–Kier alpha value is -2.02. The molecule has 1 aliphatic rings. The molecule has 0 spiro atoms. The third-order valence-corrected chi connectivity index (χ3v) is 3.40. The molecule has 3 N–H and O–H groups in total. The van der Waals surface area contributed by atoms with E-state index < -0.39 is 23.9 Å². The van der Waals surface area contributed by atoms with Crippen molar-refractivity contribution >= 4 is 6.03 Å². The minimum absolute atomic E-state index is 0.0331. The lowest BCUT2D eigenvalue weighted by molar-refractivity contribution is -0.137. The Bertz CT molecular complexity index is 550. The molecule has 0 saturated carbocycles. The number of hydrogen-bond donors (Lipinski definition) is 3. The molecule has 22 heavy (non-hydrogen) atoms. The van der Waals surface area contributed by atoms with Crippen molar-refractivity contribution in [1.82, 2.24) is 10.6 Å². The first-order valence-corrected chi connectivity index (χ1v) is 6.91. The smallest absolute Gasteiger partial charge is 0.387 e. The number of nitrogens with one attached hydrogen (secondary N) is 2. The lowest BCUT2D eigenvalue weighted by atomic mass is 10.1. The average Bonchev–Trinajstić information content (AvgIpc) is 2.97. The Morgan fingerprint density at radius 3 is 2.64 bits per heavy atom. The summed E-state index contributed by atoms with van der Waals surface area (Å²) in [5.74, 6) is 0.